The first-order chi connectivity index (χ1) is 10.1. The van der Waals surface area contributed by atoms with Crippen LogP contribution in [0.3, 0.4) is 0 Å². The maximum atomic E-state index is 12.3. The van der Waals surface area contributed by atoms with E-state index in [0.717, 1.165) is 24.8 Å². The Morgan fingerprint density at radius 3 is 3.05 bits per heavy atom. The zero-order chi connectivity index (χ0) is 14.9. The third-order valence-corrected chi connectivity index (χ3v) is 5.19. The SMILES string of the molecule is C[C@H]1NCCC[C@@H]1NS(=O)(=O)Cc1noc2ccccc12. The van der Waals surface area contributed by atoms with Crippen molar-refractivity contribution in [2.75, 3.05) is 6.54 Å². The van der Waals surface area contributed by atoms with Gasteiger partial charge in [0.05, 0.1) is 0 Å². The van der Waals surface area contributed by atoms with E-state index in [-0.39, 0.29) is 17.8 Å². The molecular weight excluding hydrogens is 290 g/mol. The summed E-state index contributed by atoms with van der Waals surface area (Å²) in [7, 11) is -3.44. The van der Waals surface area contributed by atoms with Gasteiger partial charge in [-0.25, -0.2) is 13.1 Å². The van der Waals surface area contributed by atoms with Crippen molar-refractivity contribution < 1.29 is 12.9 Å². The van der Waals surface area contributed by atoms with E-state index in [1.54, 1.807) is 6.07 Å². The van der Waals surface area contributed by atoms with E-state index < -0.39 is 10.0 Å². The Morgan fingerprint density at radius 2 is 2.24 bits per heavy atom. The van der Waals surface area contributed by atoms with Gasteiger partial charge in [0.15, 0.2) is 5.58 Å². The number of sulfonamides is 1. The van der Waals surface area contributed by atoms with E-state index in [4.69, 9.17) is 4.52 Å². The number of benzene rings is 1. The van der Waals surface area contributed by atoms with Crippen LogP contribution in [-0.2, 0) is 15.8 Å². The zero-order valence-corrected chi connectivity index (χ0v) is 12.7. The Hall–Kier alpha value is -1.44. The van der Waals surface area contributed by atoms with Gasteiger partial charge in [-0.1, -0.05) is 17.3 Å². The van der Waals surface area contributed by atoms with E-state index in [1.807, 2.05) is 25.1 Å². The van der Waals surface area contributed by atoms with Crippen LogP contribution in [0.25, 0.3) is 11.0 Å². The van der Waals surface area contributed by atoms with Crippen molar-refractivity contribution in [3.63, 3.8) is 0 Å². The molecule has 0 radical (unpaired) electrons. The van der Waals surface area contributed by atoms with Crippen molar-refractivity contribution >= 4 is 21.0 Å². The van der Waals surface area contributed by atoms with Gasteiger partial charge in [0.25, 0.3) is 0 Å². The molecule has 3 rings (SSSR count). The van der Waals surface area contributed by atoms with Gasteiger partial charge in [-0.15, -0.1) is 0 Å². The minimum absolute atomic E-state index is 0.0677. The third kappa shape index (κ3) is 3.25. The molecule has 0 saturated carbocycles. The van der Waals surface area contributed by atoms with Gasteiger partial charge >= 0.3 is 0 Å². The Kier molecular flexibility index (Phi) is 3.97. The van der Waals surface area contributed by atoms with Gasteiger partial charge in [-0.3, -0.25) is 0 Å². The highest BCUT2D eigenvalue weighted by Crippen LogP contribution is 2.20. The molecule has 0 spiro atoms. The highest BCUT2D eigenvalue weighted by atomic mass is 32.2. The summed E-state index contributed by atoms with van der Waals surface area (Å²) in [5, 5.41) is 7.91. The number of hydrogen-bond donors (Lipinski definition) is 2. The summed E-state index contributed by atoms with van der Waals surface area (Å²) in [6, 6.07) is 7.35. The van der Waals surface area contributed by atoms with Crippen LogP contribution in [0.15, 0.2) is 28.8 Å². The molecule has 1 aliphatic rings. The number of hydrogen-bond acceptors (Lipinski definition) is 5. The number of nitrogens with one attached hydrogen (secondary N) is 2. The normalized spacial score (nSPS) is 23.5. The first kappa shape index (κ1) is 14.5. The van der Waals surface area contributed by atoms with E-state index in [1.165, 1.54) is 0 Å². The molecule has 1 aromatic heterocycles. The highest BCUT2D eigenvalue weighted by Gasteiger charge is 2.26. The molecule has 114 valence electrons. The van der Waals surface area contributed by atoms with Gasteiger partial charge in [-0.2, -0.15) is 0 Å². The molecule has 1 saturated heterocycles. The predicted octanol–water partition coefficient (Wildman–Crippen LogP) is 1.39. The molecular formula is C14H19N3O3S. The molecule has 7 heteroatoms. The predicted molar refractivity (Wildman–Crippen MR) is 80.3 cm³/mol. The lowest BCUT2D eigenvalue weighted by Gasteiger charge is -2.30. The summed E-state index contributed by atoms with van der Waals surface area (Å²) < 4.78 is 32.6. The summed E-state index contributed by atoms with van der Waals surface area (Å²) in [6.45, 7) is 2.94. The molecule has 0 amide bonds. The summed E-state index contributed by atoms with van der Waals surface area (Å²) in [5.41, 5.74) is 1.06. The number of fused-ring (bicyclic) bond motifs is 1. The van der Waals surface area contributed by atoms with Gasteiger partial charge in [0.1, 0.15) is 11.4 Å². The topological polar surface area (TPSA) is 84.2 Å². The van der Waals surface area contributed by atoms with Crippen molar-refractivity contribution in [1.82, 2.24) is 15.2 Å². The number of rotatable bonds is 4. The van der Waals surface area contributed by atoms with E-state index in [2.05, 4.69) is 15.2 Å². The maximum Gasteiger partial charge on any atom is 0.217 e. The molecule has 2 atom stereocenters. The smallest absolute Gasteiger partial charge is 0.217 e. The largest absolute Gasteiger partial charge is 0.356 e. The molecule has 0 aliphatic carbocycles. The van der Waals surface area contributed by atoms with E-state index in [9.17, 15) is 8.42 Å². The van der Waals surface area contributed by atoms with Crippen molar-refractivity contribution in [2.24, 2.45) is 0 Å². The lowest BCUT2D eigenvalue weighted by molar-refractivity contribution is 0.348. The van der Waals surface area contributed by atoms with Crippen LogP contribution in [0.4, 0.5) is 0 Å². The fourth-order valence-electron chi connectivity index (χ4n) is 2.70. The summed E-state index contributed by atoms with van der Waals surface area (Å²) >= 11 is 0. The third-order valence-electron chi connectivity index (χ3n) is 3.87. The number of piperidine rings is 1. The van der Waals surface area contributed by atoms with Crippen LogP contribution < -0.4 is 10.0 Å². The van der Waals surface area contributed by atoms with Crippen molar-refractivity contribution in [1.29, 1.82) is 0 Å². The first-order valence-corrected chi connectivity index (χ1v) is 8.77. The second kappa shape index (κ2) is 5.75. The fraction of sp³-hybridized carbons (Fsp3) is 0.500. The molecule has 1 fully saturated rings. The molecule has 21 heavy (non-hydrogen) atoms. The van der Waals surface area contributed by atoms with Gasteiger partial charge < -0.3 is 9.84 Å². The van der Waals surface area contributed by atoms with Gasteiger partial charge in [0, 0.05) is 17.5 Å². The van der Waals surface area contributed by atoms with Crippen LogP contribution in [0.2, 0.25) is 0 Å². The maximum absolute atomic E-state index is 12.3. The first-order valence-electron chi connectivity index (χ1n) is 7.12. The zero-order valence-electron chi connectivity index (χ0n) is 11.9. The standard InChI is InChI=1S/C14H19N3O3S/c1-10-12(6-4-8-15-10)17-21(18,19)9-13-11-5-2-3-7-14(11)20-16-13/h2-3,5,7,10,12,15,17H,4,6,8-9H2,1H3/t10-,12+/m1/s1. The molecule has 0 bridgehead atoms. The summed E-state index contributed by atoms with van der Waals surface area (Å²) in [5.74, 6) is -0.159. The Balaban J connectivity index is 1.76. The number of aromatic nitrogens is 1. The van der Waals surface area contributed by atoms with E-state index in [0.29, 0.717) is 11.3 Å². The van der Waals surface area contributed by atoms with Crippen molar-refractivity contribution in [3.8, 4) is 0 Å². The van der Waals surface area contributed by atoms with Gasteiger partial charge in [0.2, 0.25) is 10.0 Å². The van der Waals surface area contributed by atoms with Crippen LogP contribution in [0.5, 0.6) is 0 Å². The second-order valence-corrected chi connectivity index (χ2v) is 7.25. The van der Waals surface area contributed by atoms with E-state index >= 15 is 0 Å². The fourth-order valence-corrected chi connectivity index (χ4v) is 4.13. The average Bonchev–Trinajstić information content (AvgIpc) is 2.84. The van der Waals surface area contributed by atoms with Gasteiger partial charge in [-0.05, 0) is 38.4 Å². The second-order valence-electron chi connectivity index (χ2n) is 5.49. The Morgan fingerprint density at radius 1 is 1.43 bits per heavy atom. The van der Waals surface area contributed by atoms with Crippen LogP contribution in [0.1, 0.15) is 25.5 Å². The molecule has 6 nitrogen and oxygen atoms in total. The minimum Gasteiger partial charge on any atom is -0.356 e. The molecule has 0 unspecified atom stereocenters. The average molecular weight is 309 g/mol. The van der Waals surface area contributed by atoms with Crippen LogP contribution >= 0.6 is 0 Å². The Bertz CT molecular complexity index is 726. The number of nitrogens with zero attached hydrogens (tertiary/aromatic N) is 1. The number of para-hydroxylation sites is 1. The van der Waals surface area contributed by atoms with Crippen LogP contribution in [0, 0.1) is 0 Å². The summed E-state index contributed by atoms with van der Waals surface area (Å²) in [6.07, 6.45) is 1.83. The molecule has 1 aromatic carbocycles. The van der Waals surface area contributed by atoms with Crippen molar-refractivity contribution in [3.05, 3.63) is 30.0 Å². The monoisotopic (exact) mass is 309 g/mol. The Labute approximate surface area is 123 Å². The van der Waals surface area contributed by atoms with Crippen molar-refractivity contribution in [2.45, 2.75) is 37.6 Å². The molecule has 1 aliphatic heterocycles. The van der Waals surface area contributed by atoms with Crippen LogP contribution in [-0.4, -0.2) is 32.2 Å². The molecule has 2 aromatic rings. The summed E-state index contributed by atoms with van der Waals surface area (Å²) in [4.78, 5) is 0. The lowest BCUT2D eigenvalue weighted by atomic mass is 10.0. The minimum atomic E-state index is -3.44. The molecule has 2 N–H and O–H groups in total. The lowest BCUT2D eigenvalue weighted by Crippen LogP contribution is -2.52. The highest BCUT2D eigenvalue weighted by molar-refractivity contribution is 7.88. The quantitative estimate of drug-likeness (QED) is 0.891. The molecule has 2 heterocycles.